The van der Waals surface area contributed by atoms with Gasteiger partial charge in [-0.1, -0.05) is 90.9 Å². The minimum absolute atomic E-state index is 0.599. The number of fused-ring (bicyclic) bond motifs is 7. The minimum Gasteiger partial charge on any atom is -0.378 e. The summed E-state index contributed by atoms with van der Waals surface area (Å²) in [5, 5.41) is 0. The van der Waals surface area contributed by atoms with Crippen molar-refractivity contribution >= 4 is 0 Å². The van der Waals surface area contributed by atoms with Crippen LogP contribution in [0.25, 0.3) is 0 Å². The molecule has 1 nitrogen and oxygen atoms in total. The van der Waals surface area contributed by atoms with E-state index in [4.69, 9.17) is 4.74 Å². The number of hydrogen-bond acceptors (Lipinski definition) is 1. The molecule has 1 saturated heterocycles. The van der Waals surface area contributed by atoms with Crippen molar-refractivity contribution in [3.8, 4) is 0 Å². The fourth-order valence-electron chi connectivity index (χ4n) is 10.4. The van der Waals surface area contributed by atoms with E-state index in [1.165, 1.54) is 89.9 Å². The van der Waals surface area contributed by atoms with Gasteiger partial charge in [-0.2, -0.15) is 0 Å². The summed E-state index contributed by atoms with van der Waals surface area (Å²) in [4.78, 5) is 0. The Morgan fingerprint density at radius 3 is 1.85 bits per heavy atom. The number of ether oxygens (including phenoxy) is 1. The monoisotopic (exact) mass is 456 g/mol. The van der Waals surface area contributed by atoms with Crippen molar-refractivity contribution in [2.45, 2.75) is 142 Å². The van der Waals surface area contributed by atoms with E-state index in [0.717, 1.165) is 59.9 Å². The molecule has 33 heavy (non-hydrogen) atoms. The smallest absolute Gasteiger partial charge is 0.0609 e. The number of hydrogen-bond donors (Lipinski definition) is 0. The Morgan fingerprint density at radius 1 is 0.576 bits per heavy atom. The molecular weight excluding hydrogens is 400 g/mol. The van der Waals surface area contributed by atoms with Gasteiger partial charge in [0, 0.05) is 0 Å². The molecular formula is C32H56O. The van der Waals surface area contributed by atoms with E-state index < -0.39 is 0 Å². The van der Waals surface area contributed by atoms with Crippen LogP contribution in [-0.4, -0.2) is 12.7 Å². The second-order valence-corrected chi connectivity index (χ2v) is 13.4. The zero-order valence-corrected chi connectivity index (χ0v) is 22.3. The van der Waals surface area contributed by atoms with E-state index in [0.29, 0.717) is 6.10 Å². The van der Waals surface area contributed by atoms with Gasteiger partial charge in [0.05, 0.1) is 12.7 Å². The molecule has 0 aromatic rings. The molecule has 5 aliphatic rings. The summed E-state index contributed by atoms with van der Waals surface area (Å²) >= 11 is 0. The highest BCUT2D eigenvalue weighted by atomic mass is 16.5. The topological polar surface area (TPSA) is 9.23 Å². The maximum Gasteiger partial charge on any atom is 0.0609 e. The van der Waals surface area contributed by atoms with Crippen molar-refractivity contribution in [3.05, 3.63) is 0 Å². The lowest BCUT2D eigenvalue weighted by Gasteiger charge is -2.56. The first-order valence-electron chi connectivity index (χ1n) is 15.9. The Balaban J connectivity index is 1.42. The Bertz CT molecular complexity index is 579. The normalized spacial score (nSPS) is 44.3. The van der Waals surface area contributed by atoms with Crippen molar-refractivity contribution in [1.82, 2.24) is 0 Å². The molecule has 0 spiro atoms. The highest BCUT2D eigenvalue weighted by molar-refractivity contribution is 5.01. The summed E-state index contributed by atoms with van der Waals surface area (Å²) in [5.41, 5.74) is 0. The van der Waals surface area contributed by atoms with Crippen LogP contribution in [0, 0.1) is 53.3 Å². The molecule has 0 radical (unpaired) electrons. The predicted molar refractivity (Wildman–Crippen MR) is 140 cm³/mol. The second-order valence-electron chi connectivity index (χ2n) is 13.4. The summed E-state index contributed by atoms with van der Waals surface area (Å²) < 4.78 is 7.19. The van der Waals surface area contributed by atoms with E-state index >= 15 is 0 Å². The molecule has 0 aromatic heterocycles. The summed E-state index contributed by atoms with van der Waals surface area (Å²) in [5.74, 6) is 8.86. The third-order valence-corrected chi connectivity index (χ3v) is 11.7. The van der Waals surface area contributed by atoms with Crippen LogP contribution in [0.3, 0.4) is 0 Å². The van der Waals surface area contributed by atoms with E-state index in [1.54, 1.807) is 32.1 Å². The Kier molecular flexibility index (Phi) is 8.81. The zero-order valence-electron chi connectivity index (χ0n) is 22.3. The van der Waals surface area contributed by atoms with Crippen molar-refractivity contribution in [2.75, 3.05) is 6.61 Å². The fraction of sp³-hybridized carbons (Fsp3) is 1.00. The highest BCUT2D eigenvalue weighted by Crippen LogP contribution is 2.58. The molecule has 5 fully saturated rings. The molecule has 0 bridgehead atoms. The second kappa shape index (κ2) is 11.8. The largest absolute Gasteiger partial charge is 0.378 e. The Morgan fingerprint density at radius 2 is 1.15 bits per heavy atom. The molecule has 0 aromatic carbocycles. The van der Waals surface area contributed by atoms with Crippen molar-refractivity contribution in [1.29, 1.82) is 0 Å². The summed E-state index contributed by atoms with van der Waals surface area (Å²) in [6, 6.07) is 0. The van der Waals surface area contributed by atoms with Gasteiger partial charge in [-0.05, 0) is 98.2 Å². The average molecular weight is 457 g/mol. The maximum atomic E-state index is 7.19. The maximum absolute atomic E-state index is 7.19. The van der Waals surface area contributed by atoms with Gasteiger partial charge in [-0.3, -0.25) is 0 Å². The minimum atomic E-state index is 0.599. The summed E-state index contributed by atoms with van der Waals surface area (Å²) in [6.07, 6.45) is 28.9. The van der Waals surface area contributed by atoms with Gasteiger partial charge in [0.15, 0.2) is 0 Å². The lowest BCUT2D eigenvalue weighted by Crippen LogP contribution is -2.52. The fourth-order valence-corrected chi connectivity index (χ4v) is 10.4. The molecule has 1 heterocycles. The van der Waals surface area contributed by atoms with Gasteiger partial charge in [0.1, 0.15) is 0 Å². The lowest BCUT2D eigenvalue weighted by atomic mass is 9.50. The first kappa shape index (κ1) is 24.6. The summed E-state index contributed by atoms with van der Waals surface area (Å²) in [6.45, 7) is 5.89. The van der Waals surface area contributed by atoms with Crippen LogP contribution in [0.4, 0.5) is 0 Å². The van der Waals surface area contributed by atoms with Crippen LogP contribution in [0.5, 0.6) is 0 Å². The van der Waals surface area contributed by atoms with E-state index in [-0.39, 0.29) is 0 Å². The molecule has 1 aliphatic heterocycles. The van der Waals surface area contributed by atoms with Crippen LogP contribution < -0.4 is 0 Å². The first-order valence-corrected chi connectivity index (χ1v) is 15.9. The van der Waals surface area contributed by atoms with E-state index in [2.05, 4.69) is 13.8 Å². The Hall–Kier alpha value is -0.0400. The SMILES string of the molecule is CCCC(CCC)C1CCCC2CCC3CCCCC3C2C2C(CCC3CCCCC32)OC1. The van der Waals surface area contributed by atoms with Crippen molar-refractivity contribution in [2.24, 2.45) is 53.3 Å². The molecule has 190 valence electrons. The third-order valence-electron chi connectivity index (χ3n) is 11.7. The molecule has 9 unspecified atom stereocenters. The van der Waals surface area contributed by atoms with Gasteiger partial charge in [-0.15, -0.1) is 0 Å². The molecule has 0 amide bonds. The van der Waals surface area contributed by atoms with E-state index in [9.17, 15) is 0 Å². The van der Waals surface area contributed by atoms with Crippen molar-refractivity contribution < 1.29 is 4.74 Å². The highest BCUT2D eigenvalue weighted by Gasteiger charge is 2.52. The van der Waals surface area contributed by atoms with Crippen LogP contribution in [0.1, 0.15) is 136 Å². The van der Waals surface area contributed by atoms with Crippen molar-refractivity contribution in [3.63, 3.8) is 0 Å². The lowest BCUT2D eigenvalue weighted by molar-refractivity contribution is -0.137. The van der Waals surface area contributed by atoms with Crippen LogP contribution in [-0.2, 0) is 4.74 Å². The molecule has 4 aliphatic carbocycles. The quantitative estimate of drug-likeness (QED) is 0.400. The van der Waals surface area contributed by atoms with Gasteiger partial charge < -0.3 is 4.74 Å². The summed E-state index contributed by atoms with van der Waals surface area (Å²) in [7, 11) is 0. The van der Waals surface area contributed by atoms with Gasteiger partial charge in [0.25, 0.3) is 0 Å². The average Bonchev–Trinajstić information content (AvgIpc) is 2.86. The standard InChI is InChI=1S/C32H56O/c1-3-10-23(11-4-2)27-15-9-14-26-19-18-24-12-5-7-16-28(24)31(26)32-29-17-8-6-13-25(29)20-21-30(32)33-22-27/h23-32H,3-22H2,1-2H3. The predicted octanol–water partition coefficient (Wildman–Crippen LogP) is 9.44. The Labute approximate surface area is 206 Å². The van der Waals surface area contributed by atoms with Gasteiger partial charge >= 0.3 is 0 Å². The van der Waals surface area contributed by atoms with Crippen LogP contribution in [0.2, 0.25) is 0 Å². The first-order chi connectivity index (χ1) is 16.3. The number of rotatable bonds is 5. The molecule has 1 heteroatoms. The molecule has 9 atom stereocenters. The zero-order chi connectivity index (χ0) is 22.6. The van der Waals surface area contributed by atoms with Gasteiger partial charge in [-0.25, -0.2) is 0 Å². The third kappa shape index (κ3) is 5.39. The van der Waals surface area contributed by atoms with E-state index in [1.807, 2.05) is 0 Å². The molecule has 4 saturated carbocycles. The van der Waals surface area contributed by atoms with Gasteiger partial charge in [0.2, 0.25) is 0 Å². The molecule has 0 N–H and O–H groups in total. The van der Waals surface area contributed by atoms with Crippen LogP contribution >= 0.6 is 0 Å². The van der Waals surface area contributed by atoms with Crippen LogP contribution in [0.15, 0.2) is 0 Å². The molecule has 5 rings (SSSR count).